The van der Waals surface area contributed by atoms with Gasteiger partial charge in [-0.05, 0) is 57.6 Å². The molecule has 2 aromatic rings. The Morgan fingerprint density at radius 1 is 0.952 bits per heavy atom. The van der Waals surface area contributed by atoms with Crippen LogP contribution < -0.4 is 5.32 Å². The predicted molar refractivity (Wildman–Crippen MR) is 174 cm³/mol. The van der Waals surface area contributed by atoms with Gasteiger partial charge in [0.25, 0.3) is 0 Å². The molecular formula is C33H51Cl2N5O2. The highest BCUT2D eigenvalue weighted by Gasteiger charge is 2.53. The van der Waals surface area contributed by atoms with Crippen molar-refractivity contribution < 1.29 is 9.59 Å². The summed E-state index contributed by atoms with van der Waals surface area (Å²) < 4.78 is 2.03. The molecule has 1 aromatic carbocycles. The number of halogens is 2. The molecule has 3 fully saturated rings. The zero-order valence-corrected chi connectivity index (χ0v) is 27.4. The highest BCUT2D eigenvalue weighted by atomic mass is 35.5. The molecular weight excluding hydrogens is 569 g/mol. The number of aromatic nitrogens is 2. The van der Waals surface area contributed by atoms with Gasteiger partial charge in [0.15, 0.2) is 0 Å². The fourth-order valence-corrected chi connectivity index (χ4v) is 7.32. The lowest BCUT2D eigenvalue weighted by atomic mass is 9.80. The van der Waals surface area contributed by atoms with Crippen LogP contribution in [0.3, 0.4) is 0 Å². The van der Waals surface area contributed by atoms with Crippen LogP contribution in [0, 0.1) is 19.8 Å². The number of piperidine rings is 1. The maximum atomic E-state index is 13.8. The summed E-state index contributed by atoms with van der Waals surface area (Å²) in [5.74, 6) is 1.04. The van der Waals surface area contributed by atoms with Crippen molar-refractivity contribution in [2.75, 3.05) is 19.6 Å². The molecule has 9 heteroatoms. The van der Waals surface area contributed by atoms with Crippen LogP contribution in [0.15, 0.2) is 30.3 Å². The van der Waals surface area contributed by atoms with Crippen LogP contribution in [0.1, 0.15) is 101 Å². The number of piperazine rings is 1. The summed E-state index contributed by atoms with van der Waals surface area (Å²) in [6, 6.07) is 9.91. The molecule has 234 valence electrons. The SMILES string of the molecule is CCCCN1C(=O)C(CCCC2CCCCC2)NC(=O)C12CCN(Cc1c(C)nn(-c3ccccc3)c1C)CC2.Cl.Cl. The van der Waals surface area contributed by atoms with Gasteiger partial charge in [-0.1, -0.05) is 76.5 Å². The molecule has 2 amide bonds. The number of rotatable bonds is 10. The molecule has 7 nitrogen and oxygen atoms in total. The first-order valence-corrected chi connectivity index (χ1v) is 15.9. The number of hydrogen-bond donors (Lipinski definition) is 1. The Balaban J connectivity index is 0.00000242. The third kappa shape index (κ3) is 7.34. The predicted octanol–water partition coefficient (Wildman–Crippen LogP) is 6.55. The minimum absolute atomic E-state index is 0. The van der Waals surface area contributed by atoms with Gasteiger partial charge in [-0.3, -0.25) is 14.5 Å². The van der Waals surface area contributed by atoms with Crippen LogP contribution in [0.5, 0.6) is 0 Å². The molecule has 1 aromatic heterocycles. The minimum atomic E-state index is -0.707. The number of benzene rings is 1. The number of carbonyl (C=O) groups excluding carboxylic acids is 2. The standard InChI is InChI=1S/C33H49N5O2.2ClH/c1-4-5-21-37-31(39)30(18-12-15-27-13-8-6-9-14-27)34-32(40)33(37)19-22-36(23-20-33)24-29-25(2)35-38(26(29)3)28-16-10-7-11-17-28;;/h7,10-11,16-17,27,30H,4-6,8-9,12-15,18-24H2,1-3H3,(H,34,40);2*1H. The molecule has 1 aliphatic carbocycles. The summed E-state index contributed by atoms with van der Waals surface area (Å²) in [6.45, 7) is 9.48. The van der Waals surface area contributed by atoms with Crippen LogP contribution in [0.4, 0.5) is 0 Å². The largest absolute Gasteiger partial charge is 0.342 e. The molecule has 2 aliphatic heterocycles. The number of aryl methyl sites for hydroxylation is 1. The highest BCUT2D eigenvalue weighted by Crippen LogP contribution is 2.35. The lowest BCUT2D eigenvalue weighted by Crippen LogP contribution is -2.72. The lowest BCUT2D eigenvalue weighted by molar-refractivity contribution is -0.161. The van der Waals surface area contributed by atoms with E-state index in [0.29, 0.717) is 19.4 Å². The van der Waals surface area contributed by atoms with E-state index in [-0.39, 0.29) is 42.7 Å². The summed E-state index contributed by atoms with van der Waals surface area (Å²) >= 11 is 0. The molecule has 1 spiro atoms. The number of hydrogen-bond acceptors (Lipinski definition) is 4. The Morgan fingerprint density at radius 2 is 1.64 bits per heavy atom. The van der Waals surface area contributed by atoms with Gasteiger partial charge >= 0.3 is 0 Å². The first kappa shape index (κ1) is 34.4. The van der Waals surface area contributed by atoms with Crippen molar-refractivity contribution >= 4 is 36.6 Å². The van der Waals surface area contributed by atoms with E-state index in [2.05, 4.69) is 43.1 Å². The minimum Gasteiger partial charge on any atom is -0.342 e. The van der Waals surface area contributed by atoms with Gasteiger partial charge in [0, 0.05) is 37.4 Å². The molecule has 3 aliphatic rings. The number of likely N-dealkylation sites (tertiary alicyclic amines) is 1. The Kier molecular flexibility index (Phi) is 12.8. The molecule has 1 saturated carbocycles. The molecule has 0 bridgehead atoms. The molecule has 1 unspecified atom stereocenters. The van der Waals surface area contributed by atoms with Crippen LogP contribution >= 0.6 is 24.8 Å². The number of unbranched alkanes of at least 4 members (excludes halogenated alkanes) is 1. The van der Waals surface area contributed by atoms with Crippen molar-refractivity contribution in [3.8, 4) is 5.69 Å². The van der Waals surface area contributed by atoms with Crippen molar-refractivity contribution in [3.63, 3.8) is 0 Å². The van der Waals surface area contributed by atoms with Crippen LogP contribution in [-0.2, 0) is 16.1 Å². The summed E-state index contributed by atoms with van der Waals surface area (Å²) in [5.41, 5.74) is 3.83. The Bertz CT molecular complexity index is 1160. The molecule has 0 radical (unpaired) electrons. The smallest absolute Gasteiger partial charge is 0.246 e. The first-order chi connectivity index (χ1) is 19.4. The van der Waals surface area contributed by atoms with Crippen molar-refractivity contribution in [1.29, 1.82) is 0 Å². The average molecular weight is 621 g/mol. The average Bonchev–Trinajstić information content (AvgIpc) is 3.26. The number of amides is 2. The van der Waals surface area contributed by atoms with Crippen LogP contribution in [0.25, 0.3) is 5.69 Å². The number of para-hydroxylation sites is 1. The maximum absolute atomic E-state index is 13.8. The molecule has 2 saturated heterocycles. The maximum Gasteiger partial charge on any atom is 0.246 e. The van der Waals surface area contributed by atoms with Gasteiger partial charge in [-0.15, -0.1) is 24.8 Å². The first-order valence-electron chi connectivity index (χ1n) is 15.9. The van der Waals surface area contributed by atoms with E-state index in [9.17, 15) is 9.59 Å². The topological polar surface area (TPSA) is 70.5 Å². The van der Waals surface area contributed by atoms with Gasteiger partial charge in [-0.25, -0.2) is 4.68 Å². The van der Waals surface area contributed by atoms with Gasteiger partial charge in [0.05, 0.1) is 11.4 Å². The highest BCUT2D eigenvalue weighted by molar-refractivity contribution is 6.00. The zero-order valence-electron chi connectivity index (χ0n) is 25.8. The zero-order chi connectivity index (χ0) is 28.1. The molecule has 3 heterocycles. The Labute approximate surface area is 265 Å². The summed E-state index contributed by atoms with van der Waals surface area (Å²) in [6.07, 6.45) is 13.1. The van der Waals surface area contributed by atoms with Crippen molar-refractivity contribution in [1.82, 2.24) is 24.9 Å². The van der Waals surface area contributed by atoms with Crippen molar-refractivity contribution in [2.24, 2.45) is 5.92 Å². The normalized spacial score (nSPS) is 21.1. The van der Waals surface area contributed by atoms with Crippen molar-refractivity contribution in [3.05, 3.63) is 47.3 Å². The number of carbonyl (C=O) groups is 2. The van der Waals surface area contributed by atoms with E-state index in [1.54, 1.807) is 0 Å². The molecule has 1 N–H and O–H groups in total. The molecule has 1 atom stereocenters. The summed E-state index contributed by atoms with van der Waals surface area (Å²) in [7, 11) is 0. The Hall–Kier alpha value is -2.09. The molecule has 5 rings (SSSR count). The number of nitrogens with zero attached hydrogens (tertiary/aromatic N) is 4. The van der Waals surface area contributed by atoms with Gasteiger partial charge in [0.2, 0.25) is 11.8 Å². The quantitative estimate of drug-likeness (QED) is 0.327. The second-order valence-corrected chi connectivity index (χ2v) is 12.5. The van der Waals surface area contributed by atoms with Gasteiger partial charge < -0.3 is 10.2 Å². The Morgan fingerprint density at radius 3 is 2.31 bits per heavy atom. The number of nitrogens with one attached hydrogen (secondary N) is 1. The lowest BCUT2D eigenvalue weighted by Gasteiger charge is -2.51. The van der Waals surface area contributed by atoms with Crippen molar-refractivity contribution in [2.45, 2.75) is 116 Å². The second kappa shape index (κ2) is 15.6. The van der Waals surface area contributed by atoms with E-state index in [4.69, 9.17) is 5.10 Å². The summed E-state index contributed by atoms with van der Waals surface area (Å²) in [5, 5.41) is 8.05. The van der Waals surface area contributed by atoms with E-state index in [1.807, 2.05) is 27.8 Å². The third-order valence-corrected chi connectivity index (χ3v) is 9.88. The fourth-order valence-electron chi connectivity index (χ4n) is 7.32. The fraction of sp³-hybridized carbons (Fsp3) is 0.667. The van der Waals surface area contributed by atoms with E-state index < -0.39 is 5.54 Å². The van der Waals surface area contributed by atoms with Gasteiger partial charge in [-0.2, -0.15) is 5.10 Å². The van der Waals surface area contributed by atoms with Gasteiger partial charge in [0.1, 0.15) is 11.6 Å². The monoisotopic (exact) mass is 619 g/mol. The van der Waals surface area contributed by atoms with E-state index >= 15 is 0 Å². The van der Waals surface area contributed by atoms with Crippen LogP contribution in [-0.4, -0.2) is 62.6 Å². The van der Waals surface area contributed by atoms with Crippen LogP contribution in [0.2, 0.25) is 0 Å². The van der Waals surface area contributed by atoms with E-state index in [0.717, 1.165) is 68.3 Å². The third-order valence-electron chi connectivity index (χ3n) is 9.88. The summed E-state index contributed by atoms with van der Waals surface area (Å²) in [4.78, 5) is 32.0. The van der Waals surface area contributed by atoms with E-state index in [1.165, 1.54) is 44.1 Å². The second-order valence-electron chi connectivity index (χ2n) is 12.5. The molecule has 42 heavy (non-hydrogen) atoms.